The van der Waals surface area contributed by atoms with Gasteiger partial charge in [-0.05, 0) is 18.1 Å². The number of terminal acetylenes is 1. The summed E-state index contributed by atoms with van der Waals surface area (Å²) in [4.78, 5) is 15.3. The Balaban J connectivity index is 2.64. The lowest BCUT2D eigenvalue weighted by Crippen LogP contribution is -1.95. The van der Waals surface area contributed by atoms with E-state index < -0.39 is 0 Å². The molecule has 2 heteroatoms. The van der Waals surface area contributed by atoms with Crippen LogP contribution in [0.3, 0.4) is 0 Å². The van der Waals surface area contributed by atoms with E-state index in [2.05, 4.69) is 10.9 Å². The Morgan fingerprint density at radius 2 is 2.14 bits per heavy atom. The number of hydrogen-bond acceptors (Lipinski definition) is 2. The Morgan fingerprint density at radius 3 is 2.93 bits per heavy atom. The molecule has 0 saturated heterocycles. The summed E-state index contributed by atoms with van der Waals surface area (Å²) in [7, 11) is 0. The zero-order valence-corrected chi connectivity index (χ0v) is 7.40. The van der Waals surface area contributed by atoms with Gasteiger partial charge in [0.15, 0.2) is 0 Å². The molecule has 0 N–H and O–H groups in total. The van der Waals surface area contributed by atoms with Gasteiger partial charge in [-0.2, -0.15) is 0 Å². The Labute approximate surface area is 81.6 Å². The van der Waals surface area contributed by atoms with E-state index in [1.807, 2.05) is 24.3 Å². The number of carbonyl (C=O) groups is 1. The highest BCUT2D eigenvalue weighted by Gasteiger charge is 2.02. The Bertz CT molecular complexity index is 537. The van der Waals surface area contributed by atoms with Crippen LogP contribution in [0.2, 0.25) is 0 Å². The quantitative estimate of drug-likeness (QED) is 0.383. The molecule has 0 unspecified atom stereocenters. The maximum Gasteiger partial charge on any atom is 0.237 e. The molecule has 0 aliphatic carbocycles. The van der Waals surface area contributed by atoms with Crippen LogP contribution < -0.4 is 0 Å². The number of rotatable bonds is 1. The van der Waals surface area contributed by atoms with Gasteiger partial charge in [-0.3, -0.25) is 9.78 Å². The third kappa shape index (κ3) is 1.36. The molecule has 14 heavy (non-hydrogen) atoms. The summed E-state index contributed by atoms with van der Waals surface area (Å²) < 4.78 is 0. The number of Topliss-reactive ketones (excluding diaryl/α,β-unsaturated/α-hetero) is 1. The van der Waals surface area contributed by atoms with Crippen molar-refractivity contribution in [1.29, 1.82) is 0 Å². The zero-order chi connectivity index (χ0) is 9.97. The molecule has 0 saturated carbocycles. The molecule has 1 aromatic carbocycles. The van der Waals surface area contributed by atoms with Crippen molar-refractivity contribution in [2.24, 2.45) is 0 Å². The van der Waals surface area contributed by atoms with Crippen LogP contribution in [0.25, 0.3) is 10.9 Å². The second-order valence-corrected chi connectivity index (χ2v) is 2.89. The van der Waals surface area contributed by atoms with Crippen LogP contribution in [-0.2, 0) is 0 Å². The summed E-state index contributed by atoms with van der Waals surface area (Å²) in [6.07, 6.45) is 6.53. The van der Waals surface area contributed by atoms with E-state index in [1.54, 1.807) is 6.07 Å². The predicted molar refractivity (Wildman–Crippen MR) is 54.9 cm³/mol. The number of benzene rings is 1. The van der Waals surface area contributed by atoms with Crippen molar-refractivity contribution in [3.05, 3.63) is 42.1 Å². The Morgan fingerprint density at radius 1 is 1.36 bits per heavy atom. The number of aromatic nitrogens is 1. The van der Waals surface area contributed by atoms with Gasteiger partial charge < -0.3 is 0 Å². The van der Waals surface area contributed by atoms with Crippen molar-refractivity contribution < 1.29 is 4.79 Å². The molecule has 2 rings (SSSR count). The van der Waals surface area contributed by atoms with Crippen LogP contribution in [0.1, 0.15) is 10.4 Å². The highest BCUT2D eigenvalue weighted by Crippen LogP contribution is 2.12. The first-order valence-electron chi connectivity index (χ1n) is 4.17. The summed E-state index contributed by atoms with van der Waals surface area (Å²) in [6, 6.07) is 9.34. The van der Waals surface area contributed by atoms with Crippen LogP contribution >= 0.6 is 0 Å². The largest absolute Gasteiger partial charge is 0.279 e. The average molecular weight is 181 g/mol. The molecule has 2 aromatic rings. The lowest BCUT2D eigenvalue weighted by atomic mass is 10.1. The van der Waals surface area contributed by atoms with Crippen LogP contribution in [0, 0.1) is 12.3 Å². The molecule has 0 atom stereocenters. The van der Waals surface area contributed by atoms with Gasteiger partial charge in [-0.1, -0.05) is 18.2 Å². The highest BCUT2D eigenvalue weighted by molar-refractivity contribution is 6.09. The monoisotopic (exact) mass is 181 g/mol. The van der Waals surface area contributed by atoms with Crippen LogP contribution in [0.15, 0.2) is 36.5 Å². The molecular weight excluding hydrogens is 174 g/mol. The number of ketones is 1. The van der Waals surface area contributed by atoms with E-state index in [-0.39, 0.29) is 5.78 Å². The minimum Gasteiger partial charge on any atom is -0.279 e. The second-order valence-electron chi connectivity index (χ2n) is 2.89. The summed E-state index contributed by atoms with van der Waals surface area (Å²) in [5.41, 5.74) is 1.33. The molecule has 1 aromatic heterocycles. The van der Waals surface area contributed by atoms with Crippen molar-refractivity contribution in [2.45, 2.75) is 0 Å². The Kier molecular flexibility index (Phi) is 2.00. The normalized spacial score (nSPS) is 9.64. The van der Waals surface area contributed by atoms with Gasteiger partial charge in [0.2, 0.25) is 5.78 Å². The van der Waals surface area contributed by atoms with E-state index in [0.717, 1.165) is 10.9 Å². The first kappa shape index (κ1) is 8.46. The number of pyridine rings is 1. The lowest BCUT2D eigenvalue weighted by Gasteiger charge is -1.97. The third-order valence-corrected chi connectivity index (χ3v) is 1.98. The molecule has 2 nitrogen and oxygen atoms in total. The van der Waals surface area contributed by atoms with E-state index in [9.17, 15) is 4.79 Å². The fourth-order valence-corrected chi connectivity index (χ4v) is 1.28. The fraction of sp³-hybridized carbons (Fsp3) is 0. The number of nitrogens with zero attached hydrogens (tertiary/aromatic N) is 1. The minimum absolute atomic E-state index is 0.330. The summed E-state index contributed by atoms with van der Waals surface area (Å²) >= 11 is 0. The standard InChI is InChI=1S/C12H7NO/c1-2-12(14)10-7-9-5-3-4-6-11(9)13-8-10/h1,3-8H. The first-order valence-corrected chi connectivity index (χ1v) is 4.17. The highest BCUT2D eigenvalue weighted by atomic mass is 16.1. The smallest absolute Gasteiger partial charge is 0.237 e. The van der Waals surface area contributed by atoms with Crippen LogP contribution in [0.5, 0.6) is 0 Å². The van der Waals surface area contributed by atoms with Gasteiger partial charge in [0.05, 0.1) is 5.52 Å². The van der Waals surface area contributed by atoms with Gasteiger partial charge in [-0.25, -0.2) is 0 Å². The third-order valence-electron chi connectivity index (χ3n) is 1.98. The average Bonchev–Trinajstić information content (AvgIpc) is 2.27. The van der Waals surface area contributed by atoms with Crippen molar-refractivity contribution in [2.75, 3.05) is 0 Å². The van der Waals surface area contributed by atoms with Crippen LogP contribution in [0.4, 0.5) is 0 Å². The van der Waals surface area contributed by atoms with Gasteiger partial charge in [-0.15, -0.1) is 6.42 Å². The van der Waals surface area contributed by atoms with E-state index >= 15 is 0 Å². The summed E-state index contributed by atoms with van der Waals surface area (Å²) in [5, 5.41) is 0.925. The predicted octanol–water partition coefficient (Wildman–Crippen LogP) is 2.05. The summed E-state index contributed by atoms with van der Waals surface area (Å²) in [5.74, 6) is 1.74. The van der Waals surface area contributed by atoms with Gasteiger partial charge in [0, 0.05) is 17.1 Å². The first-order chi connectivity index (χ1) is 6.81. The van der Waals surface area contributed by atoms with Crippen molar-refractivity contribution in [3.63, 3.8) is 0 Å². The molecule has 0 aliphatic rings. The van der Waals surface area contributed by atoms with Crippen molar-refractivity contribution in [3.8, 4) is 12.3 Å². The Hall–Kier alpha value is -2.14. The molecule has 0 radical (unpaired) electrons. The van der Waals surface area contributed by atoms with Crippen molar-refractivity contribution >= 4 is 16.7 Å². The second kappa shape index (κ2) is 3.31. The maximum atomic E-state index is 11.2. The van der Waals surface area contributed by atoms with Crippen molar-refractivity contribution in [1.82, 2.24) is 4.98 Å². The molecule has 1 heterocycles. The topological polar surface area (TPSA) is 30.0 Å². The number of fused-ring (bicyclic) bond motifs is 1. The van der Waals surface area contributed by atoms with E-state index in [1.165, 1.54) is 6.20 Å². The summed E-state index contributed by atoms with van der Waals surface area (Å²) in [6.45, 7) is 0. The van der Waals surface area contributed by atoms with Gasteiger partial charge in [0.1, 0.15) is 0 Å². The van der Waals surface area contributed by atoms with Gasteiger partial charge >= 0.3 is 0 Å². The number of hydrogen-bond donors (Lipinski definition) is 0. The lowest BCUT2D eigenvalue weighted by molar-refractivity contribution is 0.105. The molecule has 0 bridgehead atoms. The van der Waals surface area contributed by atoms with E-state index in [4.69, 9.17) is 6.42 Å². The minimum atomic E-state index is -0.330. The van der Waals surface area contributed by atoms with Gasteiger partial charge in [0.25, 0.3) is 0 Å². The molecule has 0 aliphatic heterocycles. The molecule has 0 spiro atoms. The number of carbonyl (C=O) groups excluding carboxylic acids is 1. The molecule has 0 fully saturated rings. The van der Waals surface area contributed by atoms with E-state index in [0.29, 0.717) is 5.56 Å². The number of para-hydroxylation sites is 1. The van der Waals surface area contributed by atoms with Crippen LogP contribution in [-0.4, -0.2) is 10.8 Å². The molecule has 0 amide bonds. The SMILES string of the molecule is C#CC(=O)c1cnc2ccccc2c1. The maximum absolute atomic E-state index is 11.2. The fourth-order valence-electron chi connectivity index (χ4n) is 1.28. The molecular formula is C12H7NO. The zero-order valence-electron chi connectivity index (χ0n) is 7.40. The molecule has 66 valence electrons.